The first-order chi connectivity index (χ1) is 10.4. The largest absolute Gasteiger partial charge is 0.354 e. The summed E-state index contributed by atoms with van der Waals surface area (Å²) >= 11 is 0. The Kier molecular flexibility index (Phi) is 3.68. The zero-order valence-electron chi connectivity index (χ0n) is 13.2. The molecule has 0 aliphatic carbocycles. The van der Waals surface area contributed by atoms with Gasteiger partial charge in [0, 0.05) is 36.7 Å². The second kappa shape index (κ2) is 5.51. The molecule has 116 valence electrons. The molecule has 2 aromatic heterocycles. The Morgan fingerprint density at radius 1 is 1.18 bits per heavy atom. The third-order valence-corrected chi connectivity index (χ3v) is 3.92. The van der Waals surface area contributed by atoms with Gasteiger partial charge in [0.15, 0.2) is 5.82 Å². The molecule has 0 radical (unpaired) electrons. The lowest BCUT2D eigenvalue weighted by Crippen LogP contribution is -2.50. The fourth-order valence-corrected chi connectivity index (χ4v) is 2.54. The van der Waals surface area contributed by atoms with Gasteiger partial charge in [-0.3, -0.25) is 4.79 Å². The Morgan fingerprint density at radius 3 is 2.55 bits per heavy atom. The lowest BCUT2D eigenvalue weighted by atomic mass is 9.92. The van der Waals surface area contributed by atoms with Crippen LogP contribution in [0, 0.1) is 5.92 Å². The molecule has 0 unspecified atom stereocenters. The van der Waals surface area contributed by atoms with E-state index in [9.17, 15) is 4.79 Å². The summed E-state index contributed by atoms with van der Waals surface area (Å²) in [5.74, 6) is 1.33. The minimum atomic E-state index is -0.0460. The molecular formula is C16H21N5O. The standard InChI is InChI=1S/C16H21N5O/c1-16(2,3)13-6-7-14(19-18-13)20-9-12(10-20)11-21-15(22)5-4-8-17-21/h4-8,12H,9-11H2,1-3H3. The molecule has 1 aliphatic heterocycles. The molecule has 0 saturated carbocycles. The summed E-state index contributed by atoms with van der Waals surface area (Å²) < 4.78 is 1.52. The van der Waals surface area contributed by atoms with Crippen LogP contribution in [0.15, 0.2) is 35.3 Å². The summed E-state index contributed by atoms with van der Waals surface area (Å²) in [7, 11) is 0. The second-order valence-electron chi connectivity index (χ2n) is 6.84. The SMILES string of the molecule is CC(C)(C)c1ccc(N2CC(Cn3ncccc3=O)C2)nn1. The van der Waals surface area contributed by atoms with Crippen LogP contribution in [0.3, 0.4) is 0 Å². The van der Waals surface area contributed by atoms with Crippen molar-refractivity contribution in [3.05, 3.63) is 46.5 Å². The molecule has 3 heterocycles. The molecule has 0 atom stereocenters. The minimum absolute atomic E-state index is 0.0170. The first-order valence-electron chi connectivity index (χ1n) is 7.55. The van der Waals surface area contributed by atoms with Crippen LogP contribution >= 0.6 is 0 Å². The van der Waals surface area contributed by atoms with Gasteiger partial charge in [0.1, 0.15) is 0 Å². The quantitative estimate of drug-likeness (QED) is 0.858. The van der Waals surface area contributed by atoms with E-state index in [-0.39, 0.29) is 11.0 Å². The van der Waals surface area contributed by atoms with E-state index in [1.54, 1.807) is 18.3 Å². The number of aromatic nitrogens is 4. The Hall–Kier alpha value is -2.24. The molecule has 1 aliphatic rings. The van der Waals surface area contributed by atoms with Crippen molar-refractivity contribution < 1.29 is 0 Å². The van der Waals surface area contributed by atoms with Crippen molar-refractivity contribution in [2.75, 3.05) is 18.0 Å². The molecule has 0 spiro atoms. The van der Waals surface area contributed by atoms with Crippen LogP contribution in [0.5, 0.6) is 0 Å². The van der Waals surface area contributed by atoms with E-state index in [1.807, 2.05) is 12.1 Å². The van der Waals surface area contributed by atoms with Crippen LogP contribution in [-0.2, 0) is 12.0 Å². The van der Waals surface area contributed by atoms with Crippen molar-refractivity contribution in [2.24, 2.45) is 5.92 Å². The van der Waals surface area contributed by atoms with Crippen LogP contribution in [0.25, 0.3) is 0 Å². The van der Waals surface area contributed by atoms with Crippen molar-refractivity contribution in [1.29, 1.82) is 0 Å². The summed E-state index contributed by atoms with van der Waals surface area (Å²) in [5, 5.41) is 12.7. The maximum Gasteiger partial charge on any atom is 0.266 e. The van der Waals surface area contributed by atoms with Crippen molar-refractivity contribution in [3.63, 3.8) is 0 Å². The molecule has 22 heavy (non-hydrogen) atoms. The highest BCUT2D eigenvalue weighted by molar-refractivity contribution is 5.41. The molecule has 1 saturated heterocycles. The summed E-state index contributed by atoms with van der Waals surface area (Å²) in [6.07, 6.45) is 1.65. The third kappa shape index (κ3) is 3.00. The van der Waals surface area contributed by atoms with E-state index in [2.05, 4.69) is 41.0 Å². The zero-order valence-corrected chi connectivity index (χ0v) is 13.2. The van der Waals surface area contributed by atoms with Crippen molar-refractivity contribution in [3.8, 4) is 0 Å². The molecule has 6 nitrogen and oxygen atoms in total. The molecule has 0 amide bonds. The lowest BCUT2D eigenvalue weighted by molar-refractivity contribution is 0.332. The fourth-order valence-electron chi connectivity index (χ4n) is 2.54. The zero-order chi connectivity index (χ0) is 15.7. The molecule has 0 bridgehead atoms. The van der Waals surface area contributed by atoms with Crippen LogP contribution in [0.1, 0.15) is 26.5 Å². The first kappa shape index (κ1) is 14.7. The average Bonchev–Trinajstić information content (AvgIpc) is 2.43. The van der Waals surface area contributed by atoms with Gasteiger partial charge in [0.05, 0.1) is 12.2 Å². The fraction of sp³-hybridized carbons (Fsp3) is 0.500. The summed E-state index contributed by atoms with van der Waals surface area (Å²) in [4.78, 5) is 13.8. The molecule has 3 rings (SSSR count). The van der Waals surface area contributed by atoms with Gasteiger partial charge in [-0.2, -0.15) is 10.2 Å². The van der Waals surface area contributed by atoms with Crippen LogP contribution < -0.4 is 10.5 Å². The summed E-state index contributed by atoms with van der Waals surface area (Å²) in [6, 6.07) is 7.27. The molecule has 2 aromatic rings. The van der Waals surface area contributed by atoms with E-state index < -0.39 is 0 Å². The van der Waals surface area contributed by atoms with Gasteiger partial charge < -0.3 is 4.90 Å². The van der Waals surface area contributed by atoms with E-state index in [0.717, 1.165) is 24.6 Å². The normalized spacial score (nSPS) is 15.7. The summed E-state index contributed by atoms with van der Waals surface area (Å²) in [5.41, 5.74) is 0.965. The van der Waals surface area contributed by atoms with Crippen LogP contribution in [0.2, 0.25) is 0 Å². The van der Waals surface area contributed by atoms with Crippen LogP contribution in [0.4, 0.5) is 5.82 Å². The van der Waals surface area contributed by atoms with Crippen molar-refractivity contribution >= 4 is 5.82 Å². The molecular weight excluding hydrogens is 278 g/mol. The topological polar surface area (TPSA) is 63.9 Å². The van der Waals surface area contributed by atoms with Crippen LogP contribution in [-0.4, -0.2) is 33.1 Å². The third-order valence-electron chi connectivity index (χ3n) is 3.92. The van der Waals surface area contributed by atoms with Crippen molar-refractivity contribution in [1.82, 2.24) is 20.0 Å². The molecule has 1 fully saturated rings. The van der Waals surface area contributed by atoms with E-state index >= 15 is 0 Å². The van der Waals surface area contributed by atoms with Gasteiger partial charge in [-0.25, -0.2) is 4.68 Å². The van der Waals surface area contributed by atoms with E-state index in [1.165, 1.54) is 4.68 Å². The lowest BCUT2D eigenvalue weighted by Gasteiger charge is -2.39. The number of anilines is 1. The Labute approximate surface area is 129 Å². The Morgan fingerprint density at radius 2 is 1.95 bits per heavy atom. The molecule has 0 aromatic carbocycles. The highest BCUT2D eigenvalue weighted by atomic mass is 16.1. The van der Waals surface area contributed by atoms with E-state index in [4.69, 9.17) is 0 Å². The second-order valence-corrected chi connectivity index (χ2v) is 6.84. The van der Waals surface area contributed by atoms with Gasteiger partial charge in [-0.05, 0) is 18.2 Å². The number of rotatable bonds is 3. The van der Waals surface area contributed by atoms with Gasteiger partial charge in [-0.15, -0.1) is 5.10 Å². The molecule has 0 N–H and O–H groups in total. The molecule has 6 heteroatoms. The smallest absolute Gasteiger partial charge is 0.266 e. The maximum atomic E-state index is 11.6. The Balaban J connectivity index is 1.59. The number of nitrogens with zero attached hydrogens (tertiary/aromatic N) is 5. The van der Waals surface area contributed by atoms with Gasteiger partial charge in [0.2, 0.25) is 0 Å². The minimum Gasteiger partial charge on any atom is -0.354 e. The van der Waals surface area contributed by atoms with Crippen molar-refractivity contribution in [2.45, 2.75) is 32.7 Å². The Bertz CT molecular complexity index is 695. The first-order valence-corrected chi connectivity index (χ1v) is 7.55. The van der Waals surface area contributed by atoms with E-state index in [0.29, 0.717) is 12.5 Å². The maximum absolute atomic E-state index is 11.6. The number of hydrogen-bond donors (Lipinski definition) is 0. The predicted molar refractivity (Wildman–Crippen MR) is 84.9 cm³/mol. The highest BCUT2D eigenvalue weighted by Crippen LogP contribution is 2.25. The summed E-state index contributed by atoms with van der Waals surface area (Å²) in [6.45, 7) is 8.80. The van der Waals surface area contributed by atoms with Gasteiger partial charge in [0.25, 0.3) is 5.56 Å². The highest BCUT2D eigenvalue weighted by Gasteiger charge is 2.29. The van der Waals surface area contributed by atoms with Gasteiger partial charge >= 0.3 is 0 Å². The monoisotopic (exact) mass is 299 g/mol. The average molecular weight is 299 g/mol. The predicted octanol–water partition coefficient (Wildman–Crippen LogP) is 1.47. The van der Waals surface area contributed by atoms with Gasteiger partial charge in [-0.1, -0.05) is 20.8 Å². The number of hydrogen-bond acceptors (Lipinski definition) is 5.